The van der Waals surface area contributed by atoms with Crippen LogP contribution < -0.4 is 0 Å². The van der Waals surface area contributed by atoms with E-state index in [4.69, 9.17) is 9.47 Å². The van der Waals surface area contributed by atoms with E-state index in [-0.39, 0.29) is 29.9 Å². The number of hydrogen-bond donors (Lipinski definition) is 0. The van der Waals surface area contributed by atoms with E-state index in [2.05, 4.69) is 0 Å². The molecule has 0 bridgehead atoms. The van der Waals surface area contributed by atoms with E-state index in [0.717, 1.165) is 24.0 Å². The lowest BCUT2D eigenvalue weighted by atomic mass is 9.60. The molecule has 1 aliphatic heterocycles. The Morgan fingerprint density at radius 1 is 1.07 bits per heavy atom. The summed E-state index contributed by atoms with van der Waals surface area (Å²) >= 11 is 0. The number of carbonyl (C=O) groups is 3. The topological polar surface area (TPSA) is 72.9 Å². The molecule has 2 aromatic carbocycles. The van der Waals surface area contributed by atoms with Gasteiger partial charge in [-0.15, -0.1) is 0 Å². The number of ether oxygens (including phenoxy) is 2. The average molecular weight is 407 g/mol. The van der Waals surface area contributed by atoms with Gasteiger partial charge < -0.3 is 14.4 Å². The minimum absolute atomic E-state index is 0.0288. The molecule has 2 aliphatic rings. The van der Waals surface area contributed by atoms with E-state index in [9.17, 15) is 14.4 Å². The van der Waals surface area contributed by atoms with Gasteiger partial charge in [-0.1, -0.05) is 42.5 Å². The first-order chi connectivity index (χ1) is 14.5. The van der Waals surface area contributed by atoms with Gasteiger partial charge in [0.15, 0.2) is 0 Å². The van der Waals surface area contributed by atoms with Gasteiger partial charge in [-0.25, -0.2) is 9.59 Å². The van der Waals surface area contributed by atoms with Gasteiger partial charge in [0.05, 0.1) is 18.7 Å². The van der Waals surface area contributed by atoms with Crippen molar-refractivity contribution in [2.45, 2.75) is 38.3 Å². The van der Waals surface area contributed by atoms with Gasteiger partial charge in [0.1, 0.15) is 12.4 Å². The lowest BCUT2D eigenvalue weighted by Gasteiger charge is -2.50. The summed E-state index contributed by atoms with van der Waals surface area (Å²) in [6, 6.07) is 16.5. The summed E-state index contributed by atoms with van der Waals surface area (Å²) < 4.78 is 10.4. The quantitative estimate of drug-likeness (QED) is 0.707. The molecule has 1 amide bonds. The third kappa shape index (κ3) is 4.08. The van der Waals surface area contributed by atoms with Crippen LogP contribution in [-0.4, -0.2) is 36.4 Å². The molecule has 1 heterocycles. The van der Waals surface area contributed by atoms with Gasteiger partial charge >= 0.3 is 12.1 Å². The molecule has 6 heteroatoms. The van der Waals surface area contributed by atoms with Crippen LogP contribution in [0.25, 0.3) is 0 Å². The number of ketones is 1. The second-order valence-electron chi connectivity index (χ2n) is 8.21. The number of nitrogens with zero attached hydrogens (tertiary/aromatic N) is 1. The molecule has 1 spiro atoms. The van der Waals surface area contributed by atoms with Crippen LogP contribution in [0.1, 0.15) is 53.2 Å². The standard InChI is InChI=1S/C24H25NO5/c1-29-22(27)19-9-7-18(8-10-19)21-15-24(13-20(26)14-24)11-12-25(21)23(28)30-16-17-5-3-2-4-6-17/h2-10,21H,11-16H2,1H3/t21-/m0/s1. The molecule has 1 atom stereocenters. The van der Waals surface area contributed by atoms with Crippen LogP contribution in [-0.2, 0) is 20.9 Å². The number of hydrogen-bond acceptors (Lipinski definition) is 5. The molecule has 30 heavy (non-hydrogen) atoms. The summed E-state index contributed by atoms with van der Waals surface area (Å²) in [4.78, 5) is 38.1. The first-order valence-electron chi connectivity index (χ1n) is 10.2. The van der Waals surface area contributed by atoms with Crippen LogP contribution in [0.3, 0.4) is 0 Å². The number of rotatable bonds is 4. The molecule has 2 fully saturated rings. The van der Waals surface area contributed by atoms with E-state index < -0.39 is 5.97 Å². The highest BCUT2D eigenvalue weighted by atomic mass is 16.6. The summed E-state index contributed by atoms with van der Waals surface area (Å²) in [6.45, 7) is 0.762. The van der Waals surface area contributed by atoms with Gasteiger partial charge in [-0.2, -0.15) is 0 Å². The number of amides is 1. The summed E-state index contributed by atoms with van der Waals surface area (Å²) in [6.07, 6.45) is 2.32. The van der Waals surface area contributed by atoms with E-state index in [1.165, 1.54) is 7.11 Å². The summed E-state index contributed by atoms with van der Waals surface area (Å²) in [5.41, 5.74) is 2.29. The average Bonchev–Trinajstić information content (AvgIpc) is 2.77. The lowest BCUT2D eigenvalue weighted by Crippen LogP contribution is -2.50. The zero-order valence-corrected chi connectivity index (χ0v) is 17.0. The highest BCUT2D eigenvalue weighted by molar-refractivity contribution is 5.89. The van der Waals surface area contributed by atoms with Crippen molar-refractivity contribution in [2.75, 3.05) is 13.7 Å². The Labute approximate surface area is 175 Å². The Morgan fingerprint density at radius 2 is 1.77 bits per heavy atom. The number of methoxy groups -OCH3 is 1. The number of benzene rings is 2. The SMILES string of the molecule is COC(=O)c1ccc([C@@H]2CC3(CCN2C(=O)OCc2ccccc2)CC(=O)C3)cc1. The minimum atomic E-state index is -0.398. The molecule has 0 radical (unpaired) electrons. The van der Waals surface area contributed by atoms with Crippen LogP contribution in [0.5, 0.6) is 0 Å². The smallest absolute Gasteiger partial charge is 0.410 e. The first kappa shape index (κ1) is 20.1. The number of esters is 1. The Bertz CT molecular complexity index is 930. The van der Waals surface area contributed by atoms with Crippen molar-refractivity contribution < 1.29 is 23.9 Å². The van der Waals surface area contributed by atoms with Crippen molar-refractivity contribution in [1.29, 1.82) is 0 Å². The van der Waals surface area contributed by atoms with Crippen LogP contribution in [0.2, 0.25) is 0 Å². The second-order valence-corrected chi connectivity index (χ2v) is 8.21. The Kier molecular flexibility index (Phi) is 5.57. The maximum absolute atomic E-state index is 12.9. The van der Waals surface area contributed by atoms with E-state index >= 15 is 0 Å². The molecule has 4 rings (SSSR count). The normalized spacial score (nSPS) is 19.8. The molecule has 1 saturated heterocycles. The fourth-order valence-electron chi connectivity index (χ4n) is 4.52. The number of piperidine rings is 1. The molecule has 0 N–H and O–H groups in total. The van der Waals surface area contributed by atoms with Crippen LogP contribution in [0, 0.1) is 5.41 Å². The van der Waals surface area contributed by atoms with Crippen LogP contribution in [0.4, 0.5) is 4.79 Å². The van der Waals surface area contributed by atoms with Gasteiger partial charge in [-0.3, -0.25) is 4.79 Å². The third-order valence-electron chi connectivity index (χ3n) is 6.19. The van der Waals surface area contributed by atoms with Gasteiger partial charge in [-0.05, 0) is 41.5 Å². The maximum atomic E-state index is 12.9. The van der Waals surface area contributed by atoms with Crippen molar-refractivity contribution in [3.8, 4) is 0 Å². The fourth-order valence-corrected chi connectivity index (χ4v) is 4.52. The van der Waals surface area contributed by atoms with Crippen molar-refractivity contribution in [3.05, 3.63) is 71.3 Å². The molecule has 6 nitrogen and oxygen atoms in total. The predicted octanol–water partition coefficient (Wildman–Crippen LogP) is 4.30. The maximum Gasteiger partial charge on any atom is 0.410 e. The summed E-state index contributed by atoms with van der Waals surface area (Å²) in [5.74, 6) is -0.111. The van der Waals surface area contributed by atoms with Gasteiger partial charge in [0.25, 0.3) is 0 Å². The monoisotopic (exact) mass is 407 g/mol. The number of Topliss-reactive ketones (excluding diaryl/α,β-unsaturated/α-hetero) is 1. The van der Waals surface area contributed by atoms with Gasteiger partial charge in [0, 0.05) is 19.4 Å². The lowest BCUT2D eigenvalue weighted by molar-refractivity contribution is -0.136. The predicted molar refractivity (Wildman–Crippen MR) is 110 cm³/mol. The van der Waals surface area contributed by atoms with Crippen molar-refractivity contribution in [2.24, 2.45) is 5.41 Å². The molecular weight excluding hydrogens is 382 g/mol. The molecule has 156 valence electrons. The first-order valence-corrected chi connectivity index (χ1v) is 10.2. The highest BCUT2D eigenvalue weighted by Gasteiger charge is 2.49. The number of carbonyl (C=O) groups excluding carboxylic acids is 3. The minimum Gasteiger partial charge on any atom is -0.465 e. The van der Waals surface area contributed by atoms with Crippen LogP contribution in [0.15, 0.2) is 54.6 Å². The zero-order chi connectivity index (χ0) is 21.1. The Morgan fingerprint density at radius 3 is 2.40 bits per heavy atom. The largest absolute Gasteiger partial charge is 0.465 e. The van der Waals surface area contributed by atoms with Crippen LogP contribution >= 0.6 is 0 Å². The van der Waals surface area contributed by atoms with Crippen molar-refractivity contribution in [3.63, 3.8) is 0 Å². The van der Waals surface area contributed by atoms with E-state index in [1.807, 2.05) is 42.5 Å². The molecule has 2 aromatic rings. The summed E-state index contributed by atoms with van der Waals surface area (Å²) in [7, 11) is 1.35. The second kappa shape index (κ2) is 8.30. The Balaban J connectivity index is 1.52. The Hall–Kier alpha value is -3.15. The summed E-state index contributed by atoms with van der Waals surface area (Å²) in [5, 5.41) is 0. The van der Waals surface area contributed by atoms with E-state index in [1.54, 1.807) is 17.0 Å². The molecular formula is C24H25NO5. The third-order valence-corrected chi connectivity index (χ3v) is 6.19. The molecule has 0 aromatic heterocycles. The highest BCUT2D eigenvalue weighted by Crippen LogP contribution is 2.52. The molecule has 1 aliphatic carbocycles. The van der Waals surface area contributed by atoms with Crippen molar-refractivity contribution >= 4 is 17.8 Å². The van der Waals surface area contributed by atoms with Crippen molar-refractivity contribution in [1.82, 2.24) is 4.90 Å². The zero-order valence-electron chi connectivity index (χ0n) is 17.0. The fraction of sp³-hybridized carbons (Fsp3) is 0.375. The van der Waals surface area contributed by atoms with Gasteiger partial charge in [0.2, 0.25) is 0 Å². The number of likely N-dealkylation sites (tertiary alicyclic amines) is 1. The van der Waals surface area contributed by atoms with E-state index in [0.29, 0.717) is 24.9 Å². The molecule has 0 unspecified atom stereocenters. The molecule has 1 saturated carbocycles.